The van der Waals surface area contributed by atoms with Gasteiger partial charge in [0.05, 0.1) is 11.7 Å². The third kappa shape index (κ3) is 2.06. The van der Waals surface area contributed by atoms with Gasteiger partial charge in [0, 0.05) is 37.8 Å². The quantitative estimate of drug-likeness (QED) is 0.833. The van der Waals surface area contributed by atoms with Crippen LogP contribution in [0.1, 0.15) is 32.0 Å². The predicted octanol–water partition coefficient (Wildman–Crippen LogP) is 1.08. The standard InChI is InChI=1S/C13H20N6/c1-13(2,3)19-11-5-6-14-7-9(11)12(16-19)10-8-18(4)17-15-10/h8,14H,5-7H2,1-4H3. The minimum Gasteiger partial charge on any atom is -0.312 e. The van der Waals surface area contributed by atoms with Crippen molar-refractivity contribution in [3.8, 4) is 11.4 Å². The van der Waals surface area contributed by atoms with Crippen LogP contribution in [0.3, 0.4) is 0 Å². The minimum atomic E-state index is -0.0120. The summed E-state index contributed by atoms with van der Waals surface area (Å²) < 4.78 is 3.86. The third-order valence-electron chi connectivity index (χ3n) is 3.41. The Balaban J connectivity index is 2.18. The fourth-order valence-electron chi connectivity index (χ4n) is 2.56. The Morgan fingerprint density at radius 3 is 2.74 bits per heavy atom. The molecule has 0 aromatic carbocycles. The molecule has 3 heterocycles. The maximum absolute atomic E-state index is 4.81. The molecule has 0 saturated carbocycles. The van der Waals surface area contributed by atoms with Crippen LogP contribution in [0.2, 0.25) is 0 Å². The van der Waals surface area contributed by atoms with Gasteiger partial charge in [-0.25, -0.2) is 0 Å². The number of fused-ring (bicyclic) bond motifs is 1. The number of hydrogen-bond acceptors (Lipinski definition) is 4. The number of aryl methyl sites for hydroxylation is 1. The number of nitrogens with zero attached hydrogens (tertiary/aromatic N) is 5. The van der Waals surface area contributed by atoms with Crippen LogP contribution < -0.4 is 5.32 Å². The van der Waals surface area contributed by atoms with E-state index in [0.29, 0.717) is 0 Å². The molecule has 0 aliphatic carbocycles. The van der Waals surface area contributed by atoms with Crippen molar-refractivity contribution in [1.29, 1.82) is 0 Å². The Bertz CT molecular complexity index is 601. The van der Waals surface area contributed by atoms with Gasteiger partial charge >= 0.3 is 0 Å². The molecule has 2 aromatic rings. The lowest BCUT2D eigenvalue weighted by molar-refractivity contribution is 0.340. The van der Waals surface area contributed by atoms with Crippen LogP contribution in [0.4, 0.5) is 0 Å². The van der Waals surface area contributed by atoms with Crippen molar-refractivity contribution in [1.82, 2.24) is 30.1 Å². The largest absolute Gasteiger partial charge is 0.312 e. The molecule has 0 spiro atoms. The summed E-state index contributed by atoms with van der Waals surface area (Å²) >= 11 is 0. The molecule has 19 heavy (non-hydrogen) atoms. The number of nitrogens with one attached hydrogen (secondary N) is 1. The van der Waals surface area contributed by atoms with Crippen LogP contribution in [0, 0.1) is 0 Å². The maximum atomic E-state index is 4.81. The molecule has 2 aromatic heterocycles. The van der Waals surface area contributed by atoms with E-state index in [4.69, 9.17) is 5.10 Å². The molecule has 3 rings (SSSR count). The Morgan fingerprint density at radius 2 is 2.11 bits per heavy atom. The maximum Gasteiger partial charge on any atom is 0.133 e. The van der Waals surface area contributed by atoms with Crippen molar-refractivity contribution in [2.45, 2.75) is 39.3 Å². The lowest BCUT2D eigenvalue weighted by Gasteiger charge is -2.24. The van der Waals surface area contributed by atoms with E-state index in [1.54, 1.807) is 4.68 Å². The Morgan fingerprint density at radius 1 is 1.32 bits per heavy atom. The Kier molecular flexibility index (Phi) is 2.70. The second kappa shape index (κ2) is 4.16. The van der Waals surface area contributed by atoms with E-state index in [1.807, 2.05) is 13.2 Å². The second-order valence-corrected chi connectivity index (χ2v) is 6.06. The zero-order chi connectivity index (χ0) is 13.6. The normalized spacial score (nSPS) is 15.6. The average Bonchev–Trinajstić information content (AvgIpc) is 2.91. The molecule has 1 aliphatic rings. The van der Waals surface area contributed by atoms with Gasteiger partial charge in [0.2, 0.25) is 0 Å². The minimum absolute atomic E-state index is 0.0120. The Hall–Kier alpha value is -1.69. The van der Waals surface area contributed by atoms with E-state index in [9.17, 15) is 0 Å². The lowest BCUT2D eigenvalue weighted by Crippen LogP contribution is -2.30. The number of aromatic nitrogens is 5. The summed E-state index contributed by atoms with van der Waals surface area (Å²) in [6.45, 7) is 8.42. The van der Waals surface area contributed by atoms with Gasteiger partial charge in [0.25, 0.3) is 0 Å². The van der Waals surface area contributed by atoms with Crippen LogP contribution in [0.15, 0.2) is 6.20 Å². The van der Waals surface area contributed by atoms with Crippen molar-refractivity contribution in [2.75, 3.05) is 6.54 Å². The van der Waals surface area contributed by atoms with Gasteiger partial charge in [-0.3, -0.25) is 9.36 Å². The average molecular weight is 260 g/mol. The van der Waals surface area contributed by atoms with Crippen molar-refractivity contribution in [3.63, 3.8) is 0 Å². The first-order chi connectivity index (χ1) is 8.97. The SMILES string of the molecule is Cn1cc(-c2nn(C(C)(C)C)c3c2CNCC3)nn1. The van der Waals surface area contributed by atoms with E-state index in [1.165, 1.54) is 11.3 Å². The summed E-state index contributed by atoms with van der Waals surface area (Å²) in [4.78, 5) is 0. The molecule has 0 fully saturated rings. The molecular formula is C13H20N6. The van der Waals surface area contributed by atoms with E-state index in [-0.39, 0.29) is 5.54 Å². The van der Waals surface area contributed by atoms with Crippen molar-refractivity contribution in [3.05, 3.63) is 17.5 Å². The molecular weight excluding hydrogens is 240 g/mol. The van der Waals surface area contributed by atoms with Gasteiger partial charge in [-0.05, 0) is 20.8 Å². The lowest BCUT2D eigenvalue weighted by atomic mass is 10.0. The zero-order valence-corrected chi connectivity index (χ0v) is 11.9. The monoisotopic (exact) mass is 260 g/mol. The molecule has 1 aliphatic heterocycles. The predicted molar refractivity (Wildman–Crippen MR) is 72.6 cm³/mol. The molecule has 0 bridgehead atoms. The highest BCUT2D eigenvalue weighted by Gasteiger charge is 2.27. The van der Waals surface area contributed by atoms with Gasteiger partial charge in [0.1, 0.15) is 11.4 Å². The van der Waals surface area contributed by atoms with Crippen LogP contribution in [-0.2, 0) is 25.6 Å². The van der Waals surface area contributed by atoms with Gasteiger partial charge in [-0.15, -0.1) is 5.10 Å². The van der Waals surface area contributed by atoms with E-state index in [2.05, 4.69) is 41.1 Å². The van der Waals surface area contributed by atoms with E-state index in [0.717, 1.165) is 30.9 Å². The molecule has 6 heteroatoms. The summed E-state index contributed by atoms with van der Waals surface area (Å²) in [6.07, 6.45) is 2.93. The Labute approximate surface area is 112 Å². The van der Waals surface area contributed by atoms with Gasteiger partial charge in [0.15, 0.2) is 0 Å². The summed E-state index contributed by atoms with van der Waals surface area (Å²) in [5.74, 6) is 0. The summed E-state index contributed by atoms with van der Waals surface area (Å²) in [5, 5.41) is 16.4. The fourth-order valence-corrected chi connectivity index (χ4v) is 2.56. The van der Waals surface area contributed by atoms with Crippen molar-refractivity contribution < 1.29 is 0 Å². The van der Waals surface area contributed by atoms with Crippen LogP contribution >= 0.6 is 0 Å². The number of hydrogen-bond donors (Lipinski definition) is 1. The van der Waals surface area contributed by atoms with E-state index >= 15 is 0 Å². The second-order valence-electron chi connectivity index (χ2n) is 6.06. The third-order valence-corrected chi connectivity index (χ3v) is 3.41. The topological polar surface area (TPSA) is 60.6 Å². The first-order valence-corrected chi connectivity index (χ1v) is 6.65. The van der Waals surface area contributed by atoms with E-state index < -0.39 is 0 Å². The molecule has 102 valence electrons. The molecule has 0 radical (unpaired) electrons. The van der Waals surface area contributed by atoms with Crippen molar-refractivity contribution in [2.24, 2.45) is 7.05 Å². The molecule has 0 amide bonds. The summed E-state index contributed by atoms with van der Waals surface area (Å²) in [6, 6.07) is 0. The van der Waals surface area contributed by atoms with Crippen LogP contribution in [0.5, 0.6) is 0 Å². The van der Waals surface area contributed by atoms with Crippen LogP contribution in [-0.4, -0.2) is 31.3 Å². The molecule has 0 saturated heterocycles. The molecule has 0 atom stereocenters. The van der Waals surface area contributed by atoms with Gasteiger partial charge in [-0.2, -0.15) is 5.10 Å². The smallest absolute Gasteiger partial charge is 0.133 e. The van der Waals surface area contributed by atoms with Gasteiger partial charge in [-0.1, -0.05) is 5.21 Å². The molecule has 6 nitrogen and oxygen atoms in total. The first-order valence-electron chi connectivity index (χ1n) is 6.65. The highest BCUT2D eigenvalue weighted by Crippen LogP contribution is 2.29. The van der Waals surface area contributed by atoms with Gasteiger partial charge < -0.3 is 5.32 Å². The van der Waals surface area contributed by atoms with Crippen LogP contribution in [0.25, 0.3) is 11.4 Å². The highest BCUT2D eigenvalue weighted by molar-refractivity contribution is 5.59. The van der Waals surface area contributed by atoms with Crippen molar-refractivity contribution >= 4 is 0 Å². The zero-order valence-electron chi connectivity index (χ0n) is 11.9. The first kappa shape index (κ1) is 12.3. The summed E-state index contributed by atoms with van der Waals surface area (Å²) in [7, 11) is 1.88. The highest BCUT2D eigenvalue weighted by atomic mass is 15.4. The fraction of sp³-hybridized carbons (Fsp3) is 0.615. The molecule has 1 N–H and O–H groups in total. The number of rotatable bonds is 1. The summed E-state index contributed by atoms with van der Waals surface area (Å²) in [5.41, 5.74) is 4.39. The molecule has 0 unspecified atom stereocenters.